The molecule has 0 fully saturated rings. The maximum Gasteiger partial charge on any atom is 0.344 e. The lowest BCUT2D eigenvalue weighted by molar-refractivity contribution is 0.0686. The van der Waals surface area contributed by atoms with E-state index < -0.39 is 26.4 Å². The highest BCUT2D eigenvalue weighted by Crippen LogP contribution is 2.22. The molecule has 0 aromatic carbocycles. The molecule has 16 heavy (non-hydrogen) atoms. The number of hydrogen-bond donors (Lipinski definition) is 1. The summed E-state index contributed by atoms with van der Waals surface area (Å²) in [5.74, 6) is -1.58. The monoisotopic (exact) mass is 246 g/mol. The molecule has 1 rings (SSSR count). The molecule has 0 saturated heterocycles. The summed E-state index contributed by atoms with van der Waals surface area (Å²) in [7, 11) is -2.54. The molecule has 0 atom stereocenters. The maximum atomic E-state index is 11.4. The van der Waals surface area contributed by atoms with E-state index in [1.165, 1.54) is 14.0 Å². The Bertz CT molecular complexity index is 538. The van der Waals surface area contributed by atoms with Crippen molar-refractivity contribution in [2.75, 3.05) is 13.4 Å². The van der Waals surface area contributed by atoms with Gasteiger partial charge in [0.2, 0.25) is 5.88 Å². The molecular formula is C8H10N2O5S. The molecule has 1 heterocycles. The first kappa shape index (κ1) is 12.4. The molecule has 8 heteroatoms. The first-order chi connectivity index (χ1) is 7.27. The molecule has 0 radical (unpaired) electrons. The molecular weight excluding hydrogens is 236 g/mol. The van der Waals surface area contributed by atoms with Gasteiger partial charge in [-0.15, -0.1) is 0 Å². The van der Waals surface area contributed by atoms with Crippen molar-refractivity contribution in [2.45, 2.75) is 11.9 Å². The summed E-state index contributed by atoms with van der Waals surface area (Å²) in [5, 5.41) is 8.37. The molecule has 7 nitrogen and oxygen atoms in total. The van der Waals surface area contributed by atoms with Crippen molar-refractivity contribution in [3.63, 3.8) is 0 Å². The third kappa shape index (κ3) is 2.27. The highest BCUT2D eigenvalue weighted by Gasteiger charge is 2.26. The lowest BCUT2D eigenvalue weighted by Gasteiger charge is -2.08. The van der Waals surface area contributed by atoms with E-state index in [1.54, 1.807) is 0 Å². The van der Waals surface area contributed by atoms with Gasteiger partial charge in [-0.25, -0.2) is 18.2 Å². The Labute approximate surface area is 92.0 Å². The van der Waals surface area contributed by atoms with E-state index in [9.17, 15) is 13.2 Å². The Balaban J connectivity index is 3.71. The molecule has 88 valence electrons. The van der Waals surface area contributed by atoms with E-state index in [0.717, 1.165) is 6.26 Å². The fourth-order valence-corrected chi connectivity index (χ4v) is 1.96. The zero-order valence-electron chi connectivity index (χ0n) is 8.88. The quantitative estimate of drug-likeness (QED) is 0.742. The second kappa shape index (κ2) is 4.05. The van der Waals surface area contributed by atoms with E-state index in [2.05, 4.69) is 9.97 Å². The minimum Gasteiger partial charge on any atom is -0.480 e. The summed E-state index contributed by atoms with van der Waals surface area (Å²) < 4.78 is 27.5. The van der Waals surface area contributed by atoms with Gasteiger partial charge < -0.3 is 9.84 Å². The summed E-state index contributed by atoms with van der Waals surface area (Å²) in [6, 6.07) is 0. The molecule has 1 N–H and O–H groups in total. The predicted molar refractivity (Wildman–Crippen MR) is 53.4 cm³/mol. The van der Waals surface area contributed by atoms with Crippen LogP contribution in [0.4, 0.5) is 0 Å². The first-order valence-corrected chi connectivity index (χ1v) is 6.02. The Morgan fingerprint density at radius 3 is 2.31 bits per heavy atom. The zero-order chi connectivity index (χ0) is 12.5. The fraction of sp³-hybridized carbons (Fsp3) is 0.375. The van der Waals surface area contributed by atoms with Crippen molar-refractivity contribution in [1.82, 2.24) is 9.97 Å². The maximum absolute atomic E-state index is 11.4. The highest BCUT2D eigenvalue weighted by atomic mass is 32.2. The average Bonchev–Trinajstić information content (AvgIpc) is 2.14. The summed E-state index contributed by atoms with van der Waals surface area (Å²) in [6.07, 6.45) is 0.876. The van der Waals surface area contributed by atoms with Crippen LogP contribution in [-0.2, 0) is 9.84 Å². The lowest BCUT2D eigenvalue weighted by atomic mass is 10.3. The Morgan fingerprint density at radius 1 is 1.38 bits per heavy atom. The standard InChI is InChI=1S/C8H10N2O5S/c1-4-9-6(15-2)5(8(11)12)7(10-4)16(3,13)14/h1-3H3,(H,11,12). The van der Waals surface area contributed by atoms with E-state index in [-0.39, 0.29) is 11.7 Å². The van der Waals surface area contributed by atoms with Crippen molar-refractivity contribution in [1.29, 1.82) is 0 Å². The predicted octanol–water partition coefficient (Wildman–Crippen LogP) is -0.105. The van der Waals surface area contributed by atoms with Crippen LogP contribution in [0.5, 0.6) is 5.88 Å². The Kier molecular flexibility index (Phi) is 3.13. The second-order valence-corrected chi connectivity index (χ2v) is 4.97. The number of hydrogen-bond acceptors (Lipinski definition) is 6. The largest absolute Gasteiger partial charge is 0.480 e. The van der Waals surface area contributed by atoms with Gasteiger partial charge in [0.1, 0.15) is 5.82 Å². The SMILES string of the molecule is COc1nc(C)nc(S(C)(=O)=O)c1C(=O)O. The minimum atomic E-state index is -3.75. The Morgan fingerprint density at radius 2 is 1.94 bits per heavy atom. The second-order valence-electron chi connectivity index (χ2n) is 3.04. The zero-order valence-corrected chi connectivity index (χ0v) is 9.70. The number of sulfone groups is 1. The van der Waals surface area contributed by atoms with Crippen LogP contribution in [0.15, 0.2) is 5.03 Å². The molecule has 0 aliphatic rings. The number of aromatic nitrogens is 2. The third-order valence-electron chi connectivity index (χ3n) is 1.71. The number of carboxylic acid groups (broad SMARTS) is 1. The summed E-state index contributed by atoms with van der Waals surface area (Å²) >= 11 is 0. The lowest BCUT2D eigenvalue weighted by Crippen LogP contribution is -2.14. The molecule has 1 aromatic heterocycles. The van der Waals surface area contributed by atoms with Crippen molar-refractivity contribution in [3.05, 3.63) is 11.4 Å². The van der Waals surface area contributed by atoms with Crippen LogP contribution in [0.1, 0.15) is 16.2 Å². The number of carbonyl (C=O) groups is 1. The molecule has 0 bridgehead atoms. The van der Waals surface area contributed by atoms with E-state index >= 15 is 0 Å². The highest BCUT2D eigenvalue weighted by molar-refractivity contribution is 7.90. The Hall–Kier alpha value is -1.70. The molecule has 0 aliphatic heterocycles. The van der Waals surface area contributed by atoms with Gasteiger partial charge in [-0.2, -0.15) is 4.98 Å². The number of nitrogens with zero attached hydrogens (tertiary/aromatic N) is 2. The topological polar surface area (TPSA) is 106 Å². The summed E-state index contributed by atoms with van der Waals surface area (Å²) in [5.41, 5.74) is -0.546. The van der Waals surface area contributed by atoms with Gasteiger partial charge in [-0.3, -0.25) is 0 Å². The molecule has 0 saturated carbocycles. The third-order valence-corrected chi connectivity index (χ3v) is 2.71. The number of aromatic carboxylic acids is 1. The van der Waals surface area contributed by atoms with Crippen LogP contribution in [-0.4, -0.2) is 42.8 Å². The summed E-state index contributed by atoms with van der Waals surface area (Å²) in [6.45, 7) is 1.45. The normalized spacial score (nSPS) is 11.2. The number of methoxy groups -OCH3 is 1. The van der Waals surface area contributed by atoms with Gasteiger partial charge in [0.05, 0.1) is 7.11 Å². The number of rotatable bonds is 3. The van der Waals surface area contributed by atoms with Gasteiger partial charge in [0, 0.05) is 6.26 Å². The van der Waals surface area contributed by atoms with E-state index in [0.29, 0.717) is 0 Å². The number of ether oxygens (including phenoxy) is 1. The fourth-order valence-electron chi connectivity index (χ4n) is 1.12. The van der Waals surface area contributed by atoms with Gasteiger partial charge in [0.25, 0.3) is 0 Å². The van der Waals surface area contributed by atoms with Crippen LogP contribution >= 0.6 is 0 Å². The van der Waals surface area contributed by atoms with Crippen LogP contribution in [0.3, 0.4) is 0 Å². The van der Waals surface area contributed by atoms with Crippen LogP contribution in [0.25, 0.3) is 0 Å². The smallest absolute Gasteiger partial charge is 0.344 e. The van der Waals surface area contributed by atoms with Crippen molar-refractivity contribution >= 4 is 15.8 Å². The van der Waals surface area contributed by atoms with Crippen LogP contribution in [0, 0.1) is 6.92 Å². The van der Waals surface area contributed by atoms with Gasteiger partial charge in [-0.1, -0.05) is 0 Å². The number of aryl methyl sites for hydroxylation is 1. The summed E-state index contributed by atoms with van der Waals surface area (Å²) in [4.78, 5) is 18.3. The van der Waals surface area contributed by atoms with Gasteiger partial charge >= 0.3 is 5.97 Å². The molecule has 1 aromatic rings. The average molecular weight is 246 g/mol. The molecule has 0 spiro atoms. The number of carboxylic acids is 1. The van der Waals surface area contributed by atoms with Gasteiger partial charge in [-0.05, 0) is 6.92 Å². The van der Waals surface area contributed by atoms with Crippen molar-refractivity contribution < 1.29 is 23.1 Å². The van der Waals surface area contributed by atoms with E-state index in [4.69, 9.17) is 9.84 Å². The van der Waals surface area contributed by atoms with Crippen LogP contribution < -0.4 is 4.74 Å². The molecule has 0 amide bonds. The van der Waals surface area contributed by atoms with E-state index in [1.807, 2.05) is 0 Å². The van der Waals surface area contributed by atoms with Crippen molar-refractivity contribution in [3.8, 4) is 5.88 Å². The molecule has 0 aliphatic carbocycles. The van der Waals surface area contributed by atoms with Crippen LogP contribution in [0.2, 0.25) is 0 Å². The van der Waals surface area contributed by atoms with Gasteiger partial charge in [0.15, 0.2) is 20.4 Å². The first-order valence-electron chi connectivity index (χ1n) is 4.13. The van der Waals surface area contributed by atoms with Crippen molar-refractivity contribution in [2.24, 2.45) is 0 Å². The molecule has 0 unspecified atom stereocenters. The minimum absolute atomic E-state index is 0.127.